The van der Waals surface area contributed by atoms with Gasteiger partial charge in [-0.05, 0) is 23.1 Å². The summed E-state index contributed by atoms with van der Waals surface area (Å²) < 4.78 is 14.8. The van der Waals surface area contributed by atoms with Crippen LogP contribution in [0.2, 0.25) is 0 Å². The molecule has 1 aromatic carbocycles. The third kappa shape index (κ3) is 2.87. The molecule has 0 saturated heterocycles. The highest BCUT2D eigenvalue weighted by molar-refractivity contribution is 8.00. The Kier molecular flexibility index (Phi) is 3.81. The first kappa shape index (κ1) is 12.1. The molecule has 0 fully saturated rings. The number of hydrogen-bond donors (Lipinski definition) is 1. The molecule has 5 heteroatoms. The van der Waals surface area contributed by atoms with Crippen LogP contribution in [0.15, 0.2) is 39.9 Å². The second kappa shape index (κ2) is 5.33. The fourth-order valence-electron chi connectivity index (χ4n) is 1.35. The summed E-state index contributed by atoms with van der Waals surface area (Å²) in [5, 5.41) is 10.7. The number of rotatable bonds is 4. The molecule has 88 valence electrons. The van der Waals surface area contributed by atoms with Gasteiger partial charge in [0.05, 0.1) is 9.77 Å². The van der Waals surface area contributed by atoms with Crippen molar-refractivity contribution in [3.8, 4) is 0 Å². The van der Waals surface area contributed by atoms with E-state index in [4.69, 9.17) is 5.11 Å². The van der Waals surface area contributed by atoms with Gasteiger partial charge in [0, 0.05) is 5.75 Å². The van der Waals surface area contributed by atoms with E-state index in [0.717, 1.165) is 4.21 Å². The maximum Gasteiger partial charge on any atom is 0.338 e. The minimum atomic E-state index is -1.23. The lowest BCUT2D eigenvalue weighted by Crippen LogP contribution is -2.02. The van der Waals surface area contributed by atoms with E-state index in [1.807, 2.05) is 17.5 Å². The lowest BCUT2D eigenvalue weighted by atomic mass is 10.1. The van der Waals surface area contributed by atoms with Gasteiger partial charge in [-0.3, -0.25) is 0 Å². The summed E-state index contributed by atoms with van der Waals surface area (Å²) in [6.45, 7) is 0. The fourth-order valence-corrected chi connectivity index (χ4v) is 3.11. The van der Waals surface area contributed by atoms with E-state index in [2.05, 4.69) is 0 Å². The molecule has 1 aromatic heterocycles. The number of thioether (sulfide) groups is 1. The van der Waals surface area contributed by atoms with Crippen LogP contribution in [0.3, 0.4) is 0 Å². The summed E-state index contributed by atoms with van der Waals surface area (Å²) in [6.07, 6.45) is 0. The van der Waals surface area contributed by atoms with E-state index in [1.165, 1.54) is 17.8 Å². The molecule has 0 unspecified atom stereocenters. The average molecular weight is 268 g/mol. The first-order chi connectivity index (χ1) is 8.18. The Bertz CT molecular complexity index is 523. The van der Waals surface area contributed by atoms with Gasteiger partial charge in [-0.25, -0.2) is 9.18 Å². The number of hydrogen-bond acceptors (Lipinski definition) is 3. The first-order valence-corrected chi connectivity index (χ1v) is 6.72. The molecule has 0 aliphatic heterocycles. The SMILES string of the molecule is O=C(O)c1cccc(CSc2cccs2)c1F. The number of thiophene rings is 1. The Morgan fingerprint density at radius 2 is 2.18 bits per heavy atom. The topological polar surface area (TPSA) is 37.3 Å². The zero-order valence-electron chi connectivity index (χ0n) is 8.72. The Hall–Kier alpha value is -1.33. The highest BCUT2D eigenvalue weighted by Crippen LogP contribution is 2.28. The molecule has 0 bridgehead atoms. The molecule has 0 saturated carbocycles. The predicted molar refractivity (Wildman–Crippen MR) is 67.2 cm³/mol. The first-order valence-electron chi connectivity index (χ1n) is 4.85. The molecular formula is C12H9FO2S2. The maximum atomic E-state index is 13.8. The molecular weight excluding hydrogens is 259 g/mol. The Morgan fingerprint density at radius 3 is 2.82 bits per heavy atom. The Morgan fingerprint density at radius 1 is 1.35 bits per heavy atom. The fraction of sp³-hybridized carbons (Fsp3) is 0.0833. The number of carbonyl (C=O) groups is 1. The van der Waals surface area contributed by atoms with Crippen LogP contribution in [0.25, 0.3) is 0 Å². The molecule has 1 N–H and O–H groups in total. The van der Waals surface area contributed by atoms with Crippen molar-refractivity contribution in [2.24, 2.45) is 0 Å². The van der Waals surface area contributed by atoms with Crippen LogP contribution in [0.1, 0.15) is 15.9 Å². The van der Waals surface area contributed by atoms with Crippen molar-refractivity contribution in [1.82, 2.24) is 0 Å². The van der Waals surface area contributed by atoms with E-state index >= 15 is 0 Å². The van der Waals surface area contributed by atoms with Gasteiger partial charge in [-0.1, -0.05) is 18.2 Å². The van der Waals surface area contributed by atoms with Crippen molar-refractivity contribution in [2.75, 3.05) is 0 Å². The molecule has 17 heavy (non-hydrogen) atoms. The normalized spacial score (nSPS) is 10.4. The highest BCUT2D eigenvalue weighted by Gasteiger charge is 2.13. The molecule has 0 spiro atoms. The zero-order valence-corrected chi connectivity index (χ0v) is 10.4. The van der Waals surface area contributed by atoms with Gasteiger partial charge in [0.25, 0.3) is 0 Å². The molecule has 0 amide bonds. The maximum absolute atomic E-state index is 13.8. The molecule has 2 aromatic rings. The van der Waals surface area contributed by atoms with Crippen LogP contribution in [0, 0.1) is 5.82 Å². The number of aromatic carboxylic acids is 1. The quantitative estimate of drug-likeness (QED) is 0.855. The van der Waals surface area contributed by atoms with Crippen molar-refractivity contribution < 1.29 is 14.3 Å². The summed E-state index contributed by atoms with van der Waals surface area (Å²) in [5.41, 5.74) is 0.151. The molecule has 2 nitrogen and oxygen atoms in total. The standard InChI is InChI=1S/C12H9FO2S2/c13-11-8(3-1-4-9(11)12(14)15)7-17-10-5-2-6-16-10/h1-6H,7H2,(H,14,15). The van der Waals surface area contributed by atoms with Crippen molar-refractivity contribution >= 4 is 29.1 Å². The number of halogens is 1. The number of carboxylic acid groups (broad SMARTS) is 1. The number of benzene rings is 1. The molecule has 2 rings (SSSR count). The lowest BCUT2D eigenvalue weighted by molar-refractivity contribution is 0.0691. The van der Waals surface area contributed by atoms with Crippen LogP contribution >= 0.6 is 23.1 Å². The second-order valence-electron chi connectivity index (χ2n) is 3.30. The van der Waals surface area contributed by atoms with Crippen LogP contribution < -0.4 is 0 Å². The van der Waals surface area contributed by atoms with Gasteiger partial charge in [-0.15, -0.1) is 23.1 Å². The van der Waals surface area contributed by atoms with Gasteiger partial charge in [0.15, 0.2) is 0 Å². The summed E-state index contributed by atoms with van der Waals surface area (Å²) >= 11 is 3.08. The molecule has 0 aliphatic rings. The smallest absolute Gasteiger partial charge is 0.338 e. The van der Waals surface area contributed by atoms with E-state index in [1.54, 1.807) is 23.5 Å². The van der Waals surface area contributed by atoms with Gasteiger partial charge in [0.2, 0.25) is 0 Å². The number of carboxylic acids is 1. The van der Waals surface area contributed by atoms with Gasteiger partial charge in [0.1, 0.15) is 5.82 Å². The molecule has 1 heterocycles. The minimum absolute atomic E-state index is 0.269. The van der Waals surface area contributed by atoms with Crippen molar-refractivity contribution in [3.05, 3.63) is 52.7 Å². The summed E-state index contributed by atoms with van der Waals surface area (Å²) in [4.78, 5) is 10.8. The minimum Gasteiger partial charge on any atom is -0.478 e. The van der Waals surface area contributed by atoms with Gasteiger partial charge < -0.3 is 5.11 Å². The van der Waals surface area contributed by atoms with Crippen molar-refractivity contribution in [3.63, 3.8) is 0 Å². The largest absolute Gasteiger partial charge is 0.478 e. The second-order valence-corrected chi connectivity index (χ2v) is 5.53. The summed E-state index contributed by atoms with van der Waals surface area (Å²) in [7, 11) is 0. The summed E-state index contributed by atoms with van der Waals surface area (Å²) in [5.74, 6) is -1.43. The van der Waals surface area contributed by atoms with Crippen LogP contribution in [-0.4, -0.2) is 11.1 Å². The molecule has 0 radical (unpaired) electrons. The monoisotopic (exact) mass is 268 g/mol. The highest BCUT2D eigenvalue weighted by atomic mass is 32.2. The average Bonchev–Trinajstić information content (AvgIpc) is 2.80. The van der Waals surface area contributed by atoms with Crippen molar-refractivity contribution in [1.29, 1.82) is 0 Å². The van der Waals surface area contributed by atoms with Crippen LogP contribution in [0.4, 0.5) is 4.39 Å². The van der Waals surface area contributed by atoms with Gasteiger partial charge in [-0.2, -0.15) is 0 Å². The third-order valence-electron chi connectivity index (χ3n) is 2.17. The summed E-state index contributed by atoms with van der Waals surface area (Å²) in [6, 6.07) is 8.33. The van der Waals surface area contributed by atoms with E-state index in [9.17, 15) is 9.18 Å². The molecule has 0 atom stereocenters. The Balaban J connectivity index is 2.16. The van der Waals surface area contributed by atoms with E-state index < -0.39 is 11.8 Å². The van der Waals surface area contributed by atoms with Crippen molar-refractivity contribution in [2.45, 2.75) is 9.96 Å². The third-order valence-corrected chi connectivity index (χ3v) is 4.35. The van der Waals surface area contributed by atoms with Crippen LogP contribution in [-0.2, 0) is 5.75 Å². The molecule has 0 aliphatic carbocycles. The lowest BCUT2D eigenvalue weighted by Gasteiger charge is -2.04. The van der Waals surface area contributed by atoms with Crippen LogP contribution in [0.5, 0.6) is 0 Å². The Labute approximate surface area is 106 Å². The zero-order chi connectivity index (χ0) is 12.3. The van der Waals surface area contributed by atoms with E-state index in [-0.39, 0.29) is 5.56 Å². The predicted octanol–water partition coefficient (Wildman–Crippen LogP) is 3.88. The van der Waals surface area contributed by atoms with E-state index in [0.29, 0.717) is 11.3 Å². The van der Waals surface area contributed by atoms with Gasteiger partial charge >= 0.3 is 5.97 Å².